The number of methoxy groups -OCH3 is 2. The highest BCUT2D eigenvalue weighted by atomic mass is 35.5. The van der Waals surface area contributed by atoms with Crippen LogP contribution in [0.15, 0.2) is 77.6 Å². The summed E-state index contributed by atoms with van der Waals surface area (Å²) in [5, 5.41) is 13.7. The molecule has 13 nitrogen and oxygen atoms in total. The van der Waals surface area contributed by atoms with E-state index in [-0.39, 0.29) is 17.9 Å². The standard InChI is InChI=1S/C47H54ClN9O4/c1-29(35-11-8-24-49-45(35)56(27-31-14-18-33(59-4)19-15-31)28-32-16-20-34(60-5)21-17-32)51-43-37-26-50-57(30(2)39-13-9-25-55(39)3)46(37)53-44(52-43)40-36-10-6-22-47(42(36)61-54-40)23-7-12-38(48)41(47)58/h8,11,14-21,24,26,29-30,38-39H,6-7,9-10,12-13,22-23,25,27-28H2,1-5H3,(H,51,52,53)/t29-,30+,38?,39+,47+/m1/s1. The lowest BCUT2D eigenvalue weighted by Gasteiger charge is -2.38. The Hall–Kier alpha value is -5.53. The smallest absolute Gasteiger partial charge is 0.186 e. The predicted molar refractivity (Wildman–Crippen MR) is 236 cm³/mol. The van der Waals surface area contributed by atoms with Crippen LogP contribution >= 0.6 is 11.6 Å². The van der Waals surface area contributed by atoms with E-state index in [9.17, 15) is 4.79 Å². The third-order valence-electron chi connectivity index (χ3n) is 13.3. The van der Waals surface area contributed by atoms with Crippen LogP contribution in [-0.2, 0) is 29.7 Å². The third-order valence-corrected chi connectivity index (χ3v) is 13.7. The number of halogens is 1. The average Bonchev–Trinajstić information content (AvgIpc) is 4.05. The van der Waals surface area contributed by atoms with Gasteiger partial charge in [-0.15, -0.1) is 11.6 Å². The SMILES string of the molecule is COc1ccc(CN(Cc2ccc(OC)cc2)c2ncccc2[C@@H](C)Nc2nc(-c3noc4c3CCC[C@@]43CCCC(Cl)C3=O)nc3c2cnn3[C@@H](C)[C@@H]2CCCN2C)cc1. The zero-order valence-electron chi connectivity index (χ0n) is 35.6. The van der Waals surface area contributed by atoms with E-state index in [4.69, 9.17) is 45.6 Å². The number of fused-ring (bicyclic) bond motifs is 3. The highest BCUT2D eigenvalue weighted by Gasteiger charge is 2.51. The maximum atomic E-state index is 13.8. The molecule has 14 heteroatoms. The van der Waals surface area contributed by atoms with Crippen molar-refractivity contribution in [2.24, 2.45) is 0 Å². The van der Waals surface area contributed by atoms with Gasteiger partial charge in [0.25, 0.3) is 0 Å². The van der Waals surface area contributed by atoms with E-state index in [0.717, 1.165) is 89.3 Å². The number of carbonyl (C=O) groups is 1. The lowest BCUT2D eigenvalue weighted by molar-refractivity contribution is -0.127. The number of carbonyl (C=O) groups excluding carboxylic acids is 1. The van der Waals surface area contributed by atoms with Crippen molar-refractivity contribution in [3.8, 4) is 23.0 Å². The van der Waals surface area contributed by atoms with Gasteiger partial charge < -0.3 is 29.1 Å². The molecule has 3 aliphatic rings. The van der Waals surface area contributed by atoms with Crippen molar-refractivity contribution in [2.75, 3.05) is 38.0 Å². The fourth-order valence-electron chi connectivity index (χ4n) is 9.94. The normalized spacial score (nSPS) is 21.4. The molecular weight excluding hydrogens is 790 g/mol. The Balaban J connectivity index is 1.11. The summed E-state index contributed by atoms with van der Waals surface area (Å²) in [5.41, 5.74) is 4.68. The average molecular weight is 844 g/mol. The van der Waals surface area contributed by atoms with Gasteiger partial charge in [-0.25, -0.2) is 19.6 Å². The summed E-state index contributed by atoms with van der Waals surface area (Å²) >= 11 is 6.62. The first-order valence-electron chi connectivity index (χ1n) is 21.5. The van der Waals surface area contributed by atoms with Crippen molar-refractivity contribution in [2.45, 2.75) is 107 Å². The largest absolute Gasteiger partial charge is 0.497 e. The zero-order valence-corrected chi connectivity index (χ0v) is 36.4. The van der Waals surface area contributed by atoms with Crippen molar-refractivity contribution in [1.29, 1.82) is 0 Å². The van der Waals surface area contributed by atoms with Gasteiger partial charge in [0.05, 0.1) is 48.7 Å². The predicted octanol–water partition coefficient (Wildman–Crippen LogP) is 8.86. The lowest BCUT2D eigenvalue weighted by Crippen LogP contribution is -2.46. The topological polar surface area (TPSA) is 137 Å². The summed E-state index contributed by atoms with van der Waals surface area (Å²) in [6.45, 7) is 6.63. The minimum Gasteiger partial charge on any atom is -0.497 e. The van der Waals surface area contributed by atoms with E-state index in [0.29, 0.717) is 61.5 Å². The second kappa shape index (κ2) is 17.1. The first kappa shape index (κ1) is 40.9. The number of pyridine rings is 1. The van der Waals surface area contributed by atoms with Crippen LogP contribution in [0, 0.1) is 0 Å². The Morgan fingerprint density at radius 3 is 2.33 bits per heavy atom. The van der Waals surface area contributed by atoms with Crippen LogP contribution in [0.2, 0.25) is 0 Å². The molecule has 1 saturated heterocycles. The molecule has 1 unspecified atom stereocenters. The first-order valence-corrected chi connectivity index (χ1v) is 22.0. The number of aromatic nitrogens is 6. The number of anilines is 2. The molecule has 0 amide bonds. The van der Waals surface area contributed by atoms with Crippen LogP contribution in [0.25, 0.3) is 22.6 Å². The van der Waals surface area contributed by atoms with Gasteiger partial charge >= 0.3 is 0 Å². The van der Waals surface area contributed by atoms with Gasteiger partial charge in [0.1, 0.15) is 23.1 Å². The number of likely N-dealkylation sites (tertiary alicyclic amines) is 1. The summed E-state index contributed by atoms with van der Waals surface area (Å²) in [5.74, 6) is 4.22. The molecule has 2 aromatic carbocycles. The molecule has 5 heterocycles. The van der Waals surface area contributed by atoms with Gasteiger partial charge in [0, 0.05) is 36.5 Å². The minimum atomic E-state index is -0.757. The van der Waals surface area contributed by atoms with E-state index in [1.54, 1.807) is 14.2 Å². The number of benzene rings is 2. The summed E-state index contributed by atoms with van der Waals surface area (Å²) in [4.78, 5) is 34.0. The Labute approximate surface area is 361 Å². The van der Waals surface area contributed by atoms with Crippen LogP contribution in [0.1, 0.15) is 98.9 Å². The third kappa shape index (κ3) is 7.71. The number of ether oxygens (including phenoxy) is 2. The fraction of sp³-hybridized carbons (Fsp3) is 0.447. The summed E-state index contributed by atoms with van der Waals surface area (Å²) < 4.78 is 19.2. The molecule has 318 valence electrons. The summed E-state index contributed by atoms with van der Waals surface area (Å²) in [7, 11) is 5.54. The molecule has 5 atom stereocenters. The van der Waals surface area contributed by atoms with Crippen molar-refractivity contribution < 1.29 is 18.8 Å². The Morgan fingerprint density at radius 1 is 0.951 bits per heavy atom. The Morgan fingerprint density at radius 2 is 1.66 bits per heavy atom. The van der Waals surface area contributed by atoms with Gasteiger partial charge in [-0.05, 0) is 114 Å². The molecule has 0 bridgehead atoms. The van der Waals surface area contributed by atoms with Gasteiger partial charge in [-0.3, -0.25) is 4.79 Å². The van der Waals surface area contributed by atoms with Gasteiger partial charge in [-0.2, -0.15) is 5.10 Å². The number of Topliss-reactive ketones (excluding diaryl/α,β-unsaturated/α-hetero) is 1. The molecule has 1 N–H and O–H groups in total. The molecule has 1 spiro atoms. The van der Waals surface area contributed by atoms with Crippen molar-refractivity contribution in [3.63, 3.8) is 0 Å². The van der Waals surface area contributed by atoms with Crippen LogP contribution < -0.4 is 19.7 Å². The number of rotatable bonds is 13. The van der Waals surface area contributed by atoms with Crippen LogP contribution in [-0.4, -0.2) is 79.8 Å². The molecule has 61 heavy (non-hydrogen) atoms. The van der Waals surface area contributed by atoms with E-state index in [2.05, 4.69) is 71.5 Å². The molecular formula is C47H54ClN9O4. The van der Waals surface area contributed by atoms with Crippen LogP contribution in [0.4, 0.5) is 11.6 Å². The number of nitrogens with zero attached hydrogens (tertiary/aromatic N) is 8. The quantitative estimate of drug-likeness (QED) is 0.111. The van der Waals surface area contributed by atoms with Crippen LogP contribution in [0.3, 0.4) is 0 Å². The molecule has 2 aliphatic carbocycles. The van der Waals surface area contributed by atoms with E-state index in [1.807, 2.05) is 47.4 Å². The van der Waals surface area contributed by atoms with Crippen molar-refractivity contribution >= 4 is 40.1 Å². The molecule has 0 radical (unpaired) electrons. The monoisotopic (exact) mass is 843 g/mol. The lowest BCUT2D eigenvalue weighted by atomic mass is 9.64. The number of ketones is 1. The molecule has 9 rings (SSSR count). The summed E-state index contributed by atoms with van der Waals surface area (Å²) in [6.07, 6.45) is 10.5. The Kier molecular flexibility index (Phi) is 11.4. The first-order chi connectivity index (χ1) is 29.7. The molecule has 1 aliphatic heterocycles. The van der Waals surface area contributed by atoms with Crippen molar-refractivity contribution in [3.05, 3.63) is 101 Å². The van der Waals surface area contributed by atoms with E-state index < -0.39 is 10.8 Å². The second-order valence-corrected chi connectivity index (χ2v) is 17.5. The highest BCUT2D eigenvalue weighted by Crippen LogP contribution is 2.49. The fourth-order valence-corrected chi connectivity index (χ4v) is 10.3. The number of alkyl halides is 1. The van der Waals surface area contributed by atoms with Gasteiger partial charge in [0.2, 0.25) is 0 Å². The molecule has 1 saturated carbocycles. The minimum absolute atomic E-state index is 0.0458. The maximum absolute atomic E-state index is 13.8. The number of hydrogen-bond acceptors (Lipinski definition) is 12. The second-order valence-electron chi connectivity index (χ2n) is 17.0. The highest BCUT2D eigenvalue weighted by molar-refractivity contribution is 6.32. The molecule has 6 aromatic rings. The maximum Gasteiger partial charge on any atom is 0.186 e. The molecule has 4 aromatic heterocycles. The van der Waals surface area contributed by atoms with Gasteiger partial charge in [0.15, 0.2) is 28.7 Å². The van der Waals surface area contributed by atoms with Crippen molar-refractivity contribution in [1.82, 2.24) is 34.8 Å². The van der Waals surface area contributed by atoms with Crippen LogP contribution in [0.5, 0.6) is 11.5 Å². The number of hydrogen-bond donors (Lipinski definition) is 1. The number of nitrogens with one attached hydrogen (secondary N) is 1. The summed E-state index contributed by atoms with van der Waals surface area (Å²) in [6, 6.07) is 20.5. The van der Waals surface area contributed by atoms with E-state index in [1.165, 1.54) is 0 Å². The van der Waals surface area contributed by atoms with E-state index >= 15 is 0 Å². The number of likely N-dealkylation sites (N-methyl/N-ethyl adjacent to an activating group) is 1. The Bertz CT molecular complexity index is 2460. The zero-order chi connectivity index (χ0) is 42.3. The molecule has 2 fully saturated rings. The van der Waals surface area contributed by atoms with Gasteiger partial charge in [-0.1, -0.05) is 41.9 Å².